The van der Waals surface area contributed by atoms with Crippen molar-refractivity contribution < 1.29 is 14.3 Å². The number of aromatic nitrogens is 1. The van der Waals surface area contributed by atoms with Crippen LogP contribution >= 0.6 is 0 Å². The third-order valence-corrected chi connectivity index (χ3v) is 5.14. The van der Waals surface area contributed by atoms with Gasteiger partial charge >= 0.3 is 6.09 Å². The van der Waals surface area contributed by atoms with Crippen LogP contribution < -0.4 is 10.2 Å². The second-order valence-corrected chi connectivity index (χ2v) is 7.20. The van der Waals surface area contributed by atoms with Gasteiger partial charge in [-0.25, -0.2) is 4.79 Å². The maximum Gasteiger partial charge on any atom is 0.414 e. The first-order chi connectivity index (χ1) is 14.0. The average Bonchev–Trinajstić information content (AvgIpc) is 3.25. The lowest BCUT2D eigenvalue weighted by atomic mass is 10.2. The minimum Gasteiger partial charge on any atom is -0.447 e. The van der Waals surface area contributed by atoms with Crippen molar-refractivity contribution in [1.82, 2.24) is 4.57 Å². The van der Waals surface area contributed by atoms with E-state index in [2.05, 4.69) is 16.0 Å². The topological polar surface area (TPSA) is 63.6 Å². The molecule has 0 unspecified atom stereocenters. The number of para-hydroxylation sites is 2. The number of anilines is 2. The maximum atomic E-state index is 13.1. The number of ether oxygens (including phenoxy) is 1. The van der Waals surface area contributed by atoms with Crippen LogP contribution in [0.15, 0.2) is 54.6 Å². The Morgan fingerprint density at radius 3 is 2.55 bits per heavy atom. The minimum absolute atomic E-state index is 0.211. The molecule has 148 valence electrons. The van der Waals surface area contributed by atoms with Gasteiger partial charge in [-0.1, -0.05) is 24.3 Å². The Morgan fingerprint density at radius 2 is 1.83 bits per heavy atom. The molecule has 0 bridgehead atoms. The Hall–Kier alpha value is -3.54. The van der Waals surface area contributed by atoms with Crippen molar-refractivity contribution in [2.45, 2.75) is 20.8 Å². The number of amides is 2. The average molecular weight is 389 g/mol. The van der Waals surface area contributed by atoms with Crippen LogP contribution in [0.25, 0.3) is 5.69 Å². The van der Waals surface area contributed by atoms with E-state index < -0.39 is 6.09 Å². The van der Waals surface area contributed by atoms with Crippen LogP contribution in [0.1, 0.15) is 27.3 Å². The Labute approximate surface area is 169 Å². The van der Waals surface area contributed by atoms with Crippen LogP contribution in [0.3, 0.4) is 0 Å². The summed E-state index contributed by atoms with van der Waals surface area (Å²) in [5, 5.41) is 2.97. The molecule has 0 atom stereocenters. The molecular formula is C23H23N3O3. The summed E-state index contributed by atoms with van der Waals surface area (Å²) in [4.78, 5) is 26.6. The van der Waals surface area contributed by atoms with Gasteiger partial charge < -0.3 is 14.6 Å². The summed E-state index contributed by atoms with van der Waals surface area (Å²) in [6.45, 7) is 6.78. The van der Waals surface area contributed by atoms with Crippen molar-refractivity contribution in [2.75, 3.05) is 23.4 Å². The molecule has 6 heteroatoms. The first kappa shape index (κ1) is 18.8. The zero-order valence-corrected chi connectivity index (χ0v) is 16.7. The van der Waals surface area contributed by atoms with Crippen molar-refractivity contribution in [3.63, 3.8) is 0 Å². The number of benzene rings is 2. The second kappa shape index (κ2) is 7.47. The lowest BCUT2D eigenvalue weighted by Gasteiger charge is -2.17. The van der Waals surface area contributed by atoms with Gasteiger partial charge in [0.1, 0.15) is 6.61 Å². The highest BCUT2D eigenvalue weighted by Crippen LogP contribution is 2.29. The van der Waals surface area contributed by atoms with Crippen molar-refractivity contribution in [3.05, 3.63) is 77.1 Å². The lowest BCUT2D eigenvalue weighted by molar-refractivity contribution is 0.102. The molecule has 1 fully saturated rings. The molecule has 0 radical (unpaired) electrons. The van der Waals surface area contributed by atoms with E-state index in [-0.39, 0.29) is 5.91 Å². The number of carbonyl (C=O) groups excluding carboxylic acids is 2. The Bertz CT molecular complexity index is 1100. The molecule has 3 aromatic rings. The van der Waals surface area contributed by atoms with Crippen LogP contribution in [0, 0.1) is 20.8 Å². The molecular weight excluding hydrogens is 366 g/mol. The molecule has 6 nitrogen and oxygen atoms in total. The first-order valence-corrected chi connectivity index (χ1v) is 9.56. The molecule has 1 aliphatic heterocycles. The Kier molecular flexibility index (Phi) is 4.84. The highest BCUT2D eigenvalue weighted by molar-refractivity contribution is 6.08. The van der Waals surface area contributed by atoms with Gasteiger partial charge in [0.05, 0.1) is 23.5 Å². The summed E-state index contributed by atoms with van der Waals surface area (Å²) in [6, 6.07) is 17.3. The van der Waals surface area contributed by atoms with Crippen molar-refractivity contribution in [3.8, 4) is 5.69 Å². The number of cyclic esters (lactones) is 1. The molecule has 2 aromatic carbocycles. The van der Waals surface area contributed by atoms with E-state index in [1.807, 2.05) is 57.2 Å². The highest BCUT2D eigenvalue weighted by atomic mass is 16.6. The number of nitrogens with one attached hydrogen (secondary N) is 1. The van der Waals surface area contributed by atoms with Crippen molar-refractivity contribution in [1.29, 1.82) is 0 Å². The molecule has 2 amide bonds. The van der Waals surface area contributed by atoms with E-state index in [1.165, 1.54) is 4.90 Å². The normalized spacial score (nSPS) is 13.5. The van der Waals surface area contributed by atoms with Gasteiger partial charge in [0.15, 0.2) is 0 Å². The molecule has 1 aromatic heterocycles. The smallest absolute Gasteiger partial charge is 0.414 e. The summed E-state index contributed by atoms with van der Waals surface area (Å²) >= 11 is 0. The third kappa shape index (κ3) is 3.49. The van der Waals surface area contributed by atoms with E-state index in [1.54, 1.807) is 12.1 Å². The van der Waals surface area contributed by atoms with Crippen molar-refractivity contribution in [2.24, 2.45) is 0 Å². The monoisotopic (exact) mass is 389 g/mol. The van der Waals surface area contributed by atoms with E-state index in [4.69, 9.17) is 4.74 Å². The van der Waals surface area contributed by atoms with E-state index in [0.717, 1.165) is 22.6 Å². The van der Waals surface area contributed by atoms with Gasteiger partial charge in [0, 0.05) is 17.1 Å². The number of hydrogen-bond donors (Lipinski definition) is 1. The number of aryl methyl sites for hydroxylation is 2. The second-order valence-electron chi connectivity index (χ2n) is 7.20. The van der Waals surface area contributed by atoms with Crippen LogP contribution in [0.2, 0.25) is 0 Å². The predicted octanol–water partition coefficient (Wildman–Crippen LogP) is 4.61. The van der Waals surface area contributed by atoms with Crippen molar-refractivity contribution >= 4 is 23.4 Å². The molecule has 2 heterocycles. The molecule has 1 N–H and O–H groups in total. The fraction of sp³-hybridized carbons (Fsp3) is 0.217. The fourth-order valence-electron chi connectivity index (χ4n) is 3.77. The summed E-state index contributed by atoms with van der Waals surface area (Å²) in [5.74, 6) is -0.211. The van der Waals surface area contributed by atoms with Gasteiger partial charge in [-0.2, -0.15) is 0 Å². The standard InChI is InChI=1S/C23H23N3O3/c1-15-7-6-8-18(13-15)26-16(2)14-19(17(26)3)22(27)24-20-9-4-5-10-21(20)25-11-12-29-23(25)28/h4-10,13-14H,11-12H2,1-3H3,(H,24,27). The quantitative estimate of drug-likeness (QED) is 0.709. The summed E-state index contributed by atoms with van der Waals surface area (Å²) < 4.78 is 7.11. The SMILES string of the molecule is Cc1cccc(-n2c(C)cc(C(=O)Nc3ccccc3N3CCOC3=O)c2C)c1. The van der Waals surface area contributed by atoms with Gasteiger partial charge in [-0.15, -0.1) is 0 Å². The lowest BCUT2D eigenvalue weighted by Crippen LogP contribution is -2.25. The van der Waals surface area contributed by atoms with Gasteiger partial charge in [-0.3, -0.25) is 9.69 Å². The van der Waals surface area contributed by atoms with Gasteiger partial charge in [0.2, 0.25) is 0 Å². The number of rotatable bonds is 4. The molecule has 0 saturated carbocycles. The Morgan fingerprint density at radius 1 is 1.03 bits per heavy atom. The summed E-state index contributed by atoms with van der Waals surface area (Å²) in [7, 11) is 0. The van der Waals surface area contributed by atoms with E-state index in [9.17, 15) is 9.59 Å². The largest absolute Gasteiger partial charge is 0.447 e. The summed E-state index contributed by atoms with van der Waals surface area (Å²) in [5.41, 5.74) is 5.85. The zero-order valence-electron chi connectivity index (χ0n) is 16.7. The number of nitrogens with zero attached hydrogens (tertiary/aromatic N) is 2. The maximum absolute atomic E-state index is 13.1. The van der Waals surface area contributed by atoms with E-state index in [0.29, 0.717) is 30.1 Å². The fourth-order valence-corrected chi connectivity index (χ4v) is 3.77. The first-order valence-electron chi connectivity index (χ1n) is 9.56. The molecule has 0 aliphatic carbocycles. The zero-order chi connectivity index (χ0) is 20.5. The molecule has 4 rings (SSSR count). The van der Waals surface area contributed by atoms with Crippen LogP contribution in [0.4, 0.5) is 16.2 Å². The molecule has 1 aliphatic rings. The molecule has 29 heavy (non-hydrogen) atoms. The highest BCUT2D eigenvalue weighted by Gasteiger charge is 2.26. The van der Waals surface area contributed by atoms with Crippen LogP contribution in [0.5, 0.6) is 0 Å². The Balaban J connectivity index is 1.66. The van der Waals surface area contributed by atoms with Gasteiger partial charge in [0.25, 0.3) is 5.91 Å². The summed E-state index contributed by atoms with van der Waals surface area (Å²) in [6.07, 6.45) is -0.399. The van der Waals surface area contributed by atoms with Crippen LogP contribution in [-0.4, -0.2) is 29.7 Å². The third-order valence-electron chi connectivity index (χ3n) is 5.14. The minimum atomic E-state index is -0.399. The molecule has 0 spiro atoms. The number of carbonyl (C=O) groups is 2. The predicted molar refractivity (Wildman–Crippen MR) is 113 cm³/mol. The van der Waals surface area contributed by atoms with Crippen LogP contribution in [-0.2, 0) is 4.74 Å². The molecule has 1 saturated heterocycles. The van der Waals surface area contributed by atoms with E-state index >= 15 is 0 Å². The van der Waals surface area contributed by atoms with Gasteiger partial charge in [-0.05, 0) is 56.7 Å². The number of hydrogen-bond acceptors (Lipinski definition) is 3.